The van der Waals surface area contributed by atoms with E-state index in [1.807, 2.05) is 12.1 Å². The Kier molecular flexibility index (Phi) is 20.4. The van der Waals surface area contributed by atoms with Gasteiger partial charge in [-0.1, -0.05) is 230 Å². The zero-order chi connectivity index (χ0) is 48.4. The molecule has 0 N–H and O–H groups in total. The Balaban J connectivity index is 1.62. The molecule has 6 aromatic carbocycles. The molecule has 0 aromatic heterocycles. The predicted molar refractivity (Wildman–Crippen MR) is 286 cm³/mol. The Morgan fingerprint density at radius 3 is 1.06 bits per heavy atom. The summed E-state index contributed by atoms with van der Waals surface area (Å²) >= 11 is 0. The van der Waals surface area contributed by atoms with Crippen molar-refractivity contribution < 1.29 is 28.5 Å². The number of benzene rings is 6. The summed E-state index contributed by atoms with van der Waals surface area (Å²) in [5.74, 6) is 2.72. The van der Waals surface area contributed by atoms with Gasteiger partial charge in [0.15, 0.2) is 0 Å². The molecule has 0 amide bonds. The summed E-state index contributed by atoms with van der Waals surface area (Å²) in [6.07, 6.45) is 18.3. The second-order valence-electron chi connectivity index (χ2n) is 19.7. The van der Waals surface area contributed by atoms with E-state index in [1.165, 1.54) is 49.7 Å². The lowest BCUT2D eigenvalue weighted by Gasteiger charge is -2.23. The van der Waals surface area contributed by atoms with Crippen LogP contribution < -0.4 is 9.47 Å². The fraction of sp³-hybridized carbons (Fsp3) is 0.516. The van der Waals surface area contributed by atoms with E-state index in [0.29, 0.717) is 48.4 Å². The molecule has 0 aliphatic rings. The second kappa shape index (κ2) is 26.6. The first kappa shape index (κ1) is 52.3. The molecule has 0 aliphatic carbocycles. The van der Waals surface area contributed by atoms with Gasteiger partial charge in [0.1, 0.15) is 11.5 Å². The lowest BCUT2D eigenvalue weighted by molar-refractivity contribution is 0.0811. The van der Waals surface area contributed by atoms with Gasteiger partial charge in [0.25, 0.3) is 0 Å². The van der Waals surface area contributed by atoms with E-state index in [1.54, 1.807) is 0 Å². The summed E-state index contributed by atoms with van der Waals surface area (Å²) < 4.78 is 24.7. The SMILES string of the molecule is CCCCC(CC)COC(=O)Oc1c2ccccc2c(-c2c3ccccc3c(OC(=O)OCC(CC)CCCC)c3ccc(CC(CC)CCCC)cc23)c2cc(CC(CC)CCCC)ccc12. The van der Waals surface area contributed by atoms with Crippen molar-refractivity contribution in [1.29, 1.82) is 0 Å². The van der Waals surface area contributed by atoms with Gasteiger partial charge in [-0.05, 0) is 93.2 Å². The predicted octanol–water partition coefficient (Wildman–Crippen LogP) is 18.9. The van der Waals surface area contributed by atoms with Crippen LogP contribution in [0.25, 0.3) is 54.2 Å². The summed E-state index contributed by atoms with van der Waals surface area (Å²) in [4.78, 5) is 27.7. The first-order chi connectivity index (χ1) is 33.2. The molecule has 0 radical (unpaired) electrons. The highest BCUT2D eigenvalue weighted by Gasteiger charge is 2.26. The third-order valence-corrected chi connectivity index (χ3v) is 14.8. The molecule has 0 fully saturated rings. The summed E-state index contributed by atoms with van der Waals surface area (Å²) in [7, 11) is 0. The number of carbonyl (C=O) groups is 2. The molecule has 0 aliphatic heterocycles. The van der Waals surface area contributed by atoms with Crippen LogP contribution in [0.1, 0.15) is 169 Å². The quantitative estimate of drug-likeness (QED) is 0.0291. The van der Waals surface area contributed by atoms with E-state index >= 15 is 0 Å². The molecule has 0 heterocycles. The minimum atomic E-state index is -0.674. The van der Waals surface area contributed by atoms with Gasteiger partial charge in [0.2, 0.25) is 0 Å². The van der Waals surface area contributed by atoms with E-state index in [-0.39, 0.29) is 0 Å². The minimum absolute atomic E-state index is 0.290. The van der Waals surface area contributed by atoms with E-state index in [0.717, 1.165) is 131 Å². The van der Waals surface area contributed by atoms with Gasteiger partial charge in [-0.3, -0.25) is 0 Å². The fourth-order valence-electron chi connectivity index (χ4n) is 10.3. The van der Waals surface area contributed by atoms with Crippen LogP contribution in [0.2, 0.25) is 0 Å². The number of hydrogen-bond acceptors (Lipinski definition) is 6. The lowest BCUT2D eigenvalue weighted by atomic mass is 9.83. The number of fused-ring (bicyclic) bond motifs is 4. The van der Waals surface area contributed by atoms with Crippen molar-refractivity contribution in [3.63, 3.8) is 0 Å². The summed E-state index contributed by atoms with van der Waals surface area (Å²) in [5, 5.41) is 7.37. The molecule has 0 saturated heterocycles. The van der Waals surface area contributed by atoms with Crippen molar-refractivity contribution in [3.8, 4) is 22.6 Å². The third kappa shape index (κ3) is 13.2. The standard InChI is InChI=1S/C62H82O6/c1-9-17-25-43(13-5)37-47-33-35-53-55(39-47)57(49-29-21-23-31-51(49)59(53)67-61(63)65-41-45(15-7)27-19-11-3)58-50-30-22-24-32-52(50)60(68-62(64)66-42-46(16-8)28-20-12-4)54-36-34-48(40-56(54)58)38-44(14-6)26-18-10-2/h21-24,29-36,39-40,43-46H,9-20,25-28,37-38,41-42H2,1-8H3. The number of unbranched alkanes of at least 4 members (excludes halogenated alkanes) is 4. The molecule has 0 saturated carbocycles. The van der Waals surface area contributed by atoms with Gasteiger partial charge in [0, 0.05) is 21.5 Å². The maximum Gasteiger partial charge on any atom is 0.513 e. The van der Waals surface area contributed by atoms with Crippen LogP contribution in [0.4, 0.5) is 9.59 Å². The van der Waals surface area contributed by atoms with Gasteiger partial charge >= 0.3 is 12.3 Å². The van der Waals surface area contributed by atoms with Crippen LogP contribution in [0.5, 0.6) is 11.5 Å². The highest BCUT2D eigenvalue weighted by molar-refractivity contribution is 6.27. The minimum Gasteiger partial charge on any atom is -0.434 e. The molecule has 0 spiro atoms. The first-order valence-electron chi connectivity index (χ1n) is 26.9. The van der Waals surface area contributed by atoms with Crippen LogP contribution in [0.3, 0.4) is 0 Å². The number of carbonyl (C=O) groups excluding carboxylic acids is 2. The maximum absolute atomic E-state index is 13.8. The van der Waals surface area contributed by atoms with Gasteiger partial charge < -0.3 is 18.9 Å². The monoisotopic (exact) mass is 923 g/mol. The van der Waals surface area contributed by atoms with Crippen LogP contribution >= 0.6 is 0 Å². The molecule has 6 heteroatoms. The smallest absolute Gasteiger partial charge is 0.434 e. The number of rotatable bonds is 27. The van der Waals surface area contributed by atoms with Crippen molar-refractivity contribution in [2.24, 2.45) is 23.7 Å². The molecule has 6 rings (SSSR count). The van der Waals surface area contributed by atoms with Crippen LogP contribution in [0, 0.1) is 23.7 Å². The topological polar surface area (TPSA) is 71.1 Å². The summed E-state index contributed by atoms with van der Waals surface area (Å²) in [5.41, 5.74) is 4.65. The Hall–Kier alpha value is -5.10. The highest BCUT2D eigenvalue weighted by Crippen LogP contribution is 2.50. The first-order valence-corrected chi connectivity index (χ1v) is 26.9. The maximum atomic E-state index is 13.8. The third-order valence-electron chi connectivity index (χ3n) is 14.8. The van der Waals surface area contributed by atoms with Gasteiger partial charge in [0.05, 0.1) is 13.2 Å². The van der Waals surface area contributed by atoms with Gasteiger partial charge in [-0.15, -0.1) is 0 Å². The van der Waals surface area contributed by atoms with E-state index in [4.69, 9.17) is 18.9 Å². The van der Waals surface area contributed by atoms with Gasteiger partial charge in [-0.2, -0.15) is 0 Å². The van der Waals surface area contributed by atoms with E-state index in [9.17, 15) is 9.59 Å². The van der Waals surface area contributed by atoms with Crippen LogP contribution in [-0.2, 0) is 22.3 Å². The van der Waals surface area contributed by atoms with Crippen LogP contribution in [0.15, 0.2) is 84.9 Å². The Bertz CT molecular complexity index is 2380. The molecular weight excluding hydrogens is 841 g/mol. The number of hydrogen-bond donors (Lipinski definition) is 0. The molecule has 6 aromatic rings. The fourth-order valence-corrected chi connectivity index (χ4v) is 10.3. The highest BCUT2D eigenvalue weighted by atomic mass is 16.7. The van der Waals surface area contributed by atoms with E-state index < -0.39 is 12.3 Å². The Morgan fingerprint density at radius 1 is 0.397 bits per heavy atom. The van der Waals surface area contributed by atoms with Crippen molar-refractivity contribution in [1.82, 2.24) is 0 Å². The normalized spacial score (nSPS) is 13.5. The summed E-state index contributed by atoms with van der Waals surface area (Å²) in [6.45, 7) is 18.5. The zero-order valence-electron chi connectivity index (χ0n) is 43.0. The molecule has 366 valence electrons. The average molecular weight is 923 g/mol. The average Bonchev–Trinajstić information content (AvgIpc) is 3.36. The van der Waals surface area contributed by atoms with Gasteiger partial charge in [-0.25, -0.2) is 9.59 Å². The molecular formula is C62H82O6. The Morgan fingerprint density at radius 2 is 0.721 bits per heavy atom. The lowest BCUT2D eigenvalue weighted by Crippen LogP contribution is -2.17. The molecule has 0 bridgehead atoms. The van der Waals surface area contributed by atoms with Crippen LogP contribution in [-0.4, -0.2) is 25.5 Å². The Labute approximate surface area is 408 Å². The molecule has 68 heavy (non-hydrogen) atoms. The van der Waals surface area contributed by atoms with Crippen molar-refractivity contribution in [2.45, 2.75) is 171 Å². The molecule has 4 unspecified atom stereocenters. The van der Waals surface area contributed by atoms with Crippen molar-refractivity contribution in [3.05, 3.63) is 96.1 Å². The number of ether oxygens (including phenoxy) is 4. The van der Waals surface area contributed by atoms with Crippen molar-refractivity contribution in [2.75, 3.05) is 13.2 Å². The molecule has 4 atom stereocenters. The van der Waals surface area contributed by atoms with E-state index in [2.05, 4.69) is 128 Å². The molecule has 6 nitrogen and oxygen atoms in total. The summed E-state index contributed by atoms with van der Waals surface area (Å²) in [6, 6.07) is 30.2. The second-order valence-corrected chi connectivity index (χ2v) is 19.7. The zero-order valence-corrected chi connectivity index (χ0v) is 43.0. The largest absolute Gasteiger partial charge is 0.513 e. The van der Waals surface area contributed by atoms with Crippen molar-refractivity contribution >= 4 is 55.4 Å².